The van der Waals surface area contributed by atoms with Crippen molar-refractivity contribution in [1.29, 1.82) is 0 Å². The molecule has 6 heteroatoms. The third-order valence-electron chi connectivity index (χ3n) is 2.76. The molecule has 1 atom stereocenters. The van der Waals surface area contributed by atoms with Crippen molar-refractivity contribution >= 4 is 23.2 Å². The van der Waals surface area contributed by atoms with Crippen LogP contribution in [0.5, 0.6) is 0 Å². The minimum atomic E-state index is -0.213. The first-order valence-electron chi connectivity index (χ1n) is 6.73. The Morgan fingerprint density at radius 2 is 2.15 bits per heavy atom. The summed E-state index contributed by atoms with van der Waals surface area (Å²) in [5.41, 5.74) is 0.614. The number of rotatable bonds is 8. The molecule has 0 aliphatic heterocycles. The van der Waals surface area contributed by atoms with Gasteiger partial charge in [0.2, 0.25) is 5.91 Å². The summed E-state index contributed by atoms with van der Waals surface area (Å²) < 4.78 is 0. The van der Waals surface area contributed by atoms with Crippen LogP contribution in [0.3, 0.4) is 0 Å². The van der Waals surface area contributed by atoms with Crippen LogP contribution in [0.1, 0.15) is 37.0 Å². The summed E-state index contributed by atoms with van der Waals surface area (Å²) in [6.45, 7) is 4.30. The van der Waals surface area contributed by atoms with Gasteiger partial charge in [-0.05, 0) is 23.8 Å². The Kier molecular flexibility index (Phi) is 7.25. The first-order chi connectivity index (χ1) is 9.52. The molecule has 1 rings (SSSR count). The van der Waals surface area contributed by atoms with Gasteiger partial charge in [-0.1, -0.05) is 13.8 Å². The molecule has 0 fully saturated rings. The molecule has 1 heterocycles. The molecule has 20 heavy (non-hydrogen) atoms. The molecule has 0 aromatic carbocycles. The molecule has 5 nitrogen and oxygen atoms in total. The van der Waals surface area contributed by atoms with E-state index in [-0.39, 0.29) is 30.9 Å². The third-order valence-corrected chi connectivity index (χ3v) is 3.45. The van der Waals surface area contributed by atoms with Crippen molar-refractivity contribution in [2.75, 3.05) is 13.2 Å². The standard InChI is InChI=1S/C14H22N2O3S/c1-10(2)7-12(8-17)16-13(18)3-5-15-14(19)11-4-6-20-9-11/h4,6,9-10,12,17H,3,5,7-8H2,1-2H3,(H,15,19)(H,16,18). The van der Waals surface area contributed by atoms with Crippen LogP contribution in [0.2, 0.25) is 0 Å². The molecular weight excluding hydrogens is 276 g/mol. The summed E-state index contributed by atoms with van der Waals surface area (Å²) >= 11 is 1.46. The minimum absolute atomic E-state index is 0.0643. The molecule has 1 unspecified atom stereocenters. The third kappa shape index (κ3) is 6.16. The Labute approximate surface area is 123 Å². The molecule has 0 spiro atoms. The van der Waals surface area contributed by atoms with E-state index in [1.54, 1.807) is 11.4 Å². The molecule has 1 aromatic heterocycles. The van der Waals surface area contributed by atoms with Gasteiger partial charge >= 0.3 is 0 Å². The normalized spacial score (nSPS) is 12.2. The second-order valence-corrected chi connectivity index (χ2v) is 5.87. The van der Waals surface area contributed by atoms with E-state index < -0.39 is 0 Å². The molecule has 0 aliphatic carbocycles. The van der Waals surface area contributed by atoms with Crippen LogP contribution in [0.15, 0.2) is 16.8 Å². The van der Waals surface area contributed by atoms with Gasteiger partial charge in [-0.15, -0.1) is 0 Å². The first kappa shape index (κ1) is 16.7. The van der Waals surface area contributed by atoms with Crippen LogP contribution >= 0.6 is 11.3 Å². The highest BCUT2D eigenvalue weighted by molar-refractivity contribution is 7.08. The average Bonchev–Trinajstić information content (AvgIpc) is 2.91. The molecule has 1 aromatic rings. The van der Waals surface area contributed by atoms with E-state index in [0.717, 1.165) is 6.42 Å². The maximum absolute atomic E-state index is 11.7. The monoisotopic (exact) mass is 298 g/mol. The SMILES string of the molecule is CC(C)CC(CO)NC(=O)CCNC(=O)c1ccsc1. The topological polar surface area (TPSA) is 78.4 Å². The molecular formula is C14H22N2O3S. The van der Waals surface area contributed by atoms with Gasteiger partial charge in [-0.25, -0.2) is 0 Å². The van der Waals surface area contributed by atoms with Gasteiger partial charge in [0.15, 0.2) is 0 Å². The highest BCUT2D eigenvalue weighted by Gasteiger charge is 2.13. The van der Waals surface area contributed by atoms with Crippen molar-refractivity contribution in [1.82, 2.24) is 10.6 Å². The molecule has 0 radical (unpaired) electrons. The summed E-state index contributed by atoms with van der Waals surface area (Å²) in [6, 6.07) is 1.53. The average molecular weight is 298 g/mol. The van der Waals surface area contributed by atoms with E-state index in [9.17, 15) is 14.7 Å². The molecule has 0 saturated carbocycles. The zero-order chi connectivity index (χ0) is 15.0. The van der Waals surface area contributed by atoms with E-state index in [1.165, 1.54) is 11.3 Å². The van der Waals surface area contributed by atoms with Crippen molar-refractivity contribution in [2.45, 2.75) is 32.7 Å². The fraction of sp³-hybridized carbons (Fsp3) is 0.571. The number of hydrogen-bond donors (Lipinski definition) is 3. The Morgan fingerprint density at radius 3 is 2.70 bits per heavy atom. The summed E-state index contributed by atoms with van der Waals surface area (Å²) in [7, 11) is 0. The number of nitrogens with one attached hydrogen (secondary N) is 2. The zero-order valence-corrected chi connectivity index (χ0v) is 12.7. The fourth-order valence-corrected chi connectivity index (χ4v) is 2.47. The lowest BCUT2D eigenvalue weighted by Gasteiger charge is -2.18. The van der Waals surface area contributed by atoms with Gasteiger partial charge in [-0.2, -0.15) is 11.3 Å². The van der Waals surface area contributed by atoms with Gasteiger partial charge in [0.05, 0.1) is 12.6 Å². The molecule has 112 valence electrons. The van der Waals surface area contributed by atoms with Crippen molar-refractivity contribution in [3.63, 3.8) is 0 Å². The van der Waals surface area contributed by atoms with Crippen molar-refractivity contribution in [3.05, 3.63) is 22.4 Å². The summed E-state index contributed by atoms with van der Waals surface area (Å²) in [5.74, 6) is 0.0843. The predicted octanol–water partition coefficient (Wildman–Crippen LogP) is 1.39. The van der Waals surface area contributed by atoms with E-state index in [0.29, 0.717) is 18.0 Å². The Balaban J connectivity index is 2.24. The molecule has 0 saturated heterocycles. The second-order valence-electron chi connectivity index (χ2n) is 5.09. The van der Waals surface area contributed by atoms with Gasteiger partial charge in [0.1, 0.15) is 0 Å². The number of carbonyl (C=O) groups excluding carboxylic acids is 2. The minimum Gasteiger partial charge on any atom is -0.394 e. The fourth-order valence-electron chi connectivity index (χ4n) is 1.83. The van der Waals surface area contributed by atoms with Gasteiger partial charge < -0.3 is 15.7 Å². The van der Waals surface area contributed by atoms with E-state index in [4.69, 9.17) is 0 Å². The first-order valence-corrected chi connectivity index (χ1v) is 7.67. The van der Waals surface area contributed by atoms with E-state index in [1.807, 2.05) is 19.2 Å². The van der Waals surface area contributed by atoms with Crippen molar-refractivity contribution in [3.8, 4) is 0 Å². The number of aliphatic hydroxyl groups excluding tert-OH is 1. The number of aliphatic hydroxyl groups is 1. The van der Waals surface area contributed by atoms with E-state index in [2.05, 4.69) is 10.6 Å². The van der Waals surface area contributed by atoms with Gasteiger partial charge in [-0.3, -0.25) is 9.59 Å². The van der Waals surface area contributed by atoms with Crippen molar-refractivity contribution in [2.24, 2.45) is 5.92 Å². The predicted molar refractivity (Wildman–Crippen MR) is 79.7 cm³/mol. The van der Waals surface area contributed by atoms with Crippen LogP contribution in [0.25, 0.3) is 0 Å². The smallest absolute Gasteiger partial charge is 0.252 e. The lowest BCUT2D eigenvalue weighted by molar-refractivity contribution is -0.122. The van der Waals surface area contributed by atoms with Crippen LogP contribution in [-0.2, 0) is 4.79 Å². The molecule has 0 bridgehead atoms. The number of hydrogen-bond acceptors (Lipinski definition) is 4. The molecule has 3 N–H and O–H groups in total. The van der Waals surface area contributed by atoms with Crippen molar-refractivity contribution < 1.29 is 14.7 Å². The number of thiophene rings is 1. The molecule has 2 amide bonds. The van der Waals surface area contributed by atoms with Crippen LogP contribution in [0, 0.1) is 5.92 Å². The Bertz CT molecular complexity index is 418. The molecule has 0 aliphatic rings. The van der Waals surface area contributed by atoms with Crippen LogP contribution in [-0.4, -0.2) is 36.1 Å². The lowest BCUT2D eigenvalue weighted by Crippen LogP contribution is -2.40. The Morgan fingerprint density at radius 1 is 1.40 bits per heavy atom. The van der Waals surface area contributed by atoms with Crippen LogP contribution < -0.4 is 10.6 Å². The number of amides is 2. The second kappa shape index (κ2) is 8.71. The largest absolute Gasteiger partial charge is 0.394 e. The van der Waals surface area contributed by atoms with Crippen LogP contribution in [0.4, 0.5) is 0 Å². The maximum Gasteiger partial charge on any atom is 0.252 e. The lowest BCUT2D eigenvalue weighted by atomic mass is 10.0. The van der Waals surface area contributed by atoms with E-state index >= 15 is 0 Å². The van der Waals surface area contributed by atoms with Gasteiger partial charge in [0.25, 0.3) is 5.91 Å². The number of carbonyl (C=O) groups is 2. The summed E-state index contributed by atoms with van der Waals surface area (Å²) in [4.78, 5) is 23.3. The summed E-state index contributed by atoms with van der Waals surface area (Å²) in [5, 5.41) is 18.2. The van der Waals surface area contributed by atoms with Gasteiger partial charge in [0, 0.05) is 23.9 Å². The highest BCUT2D eigenvalue weighted by atomic mass is 32.1. The summed E-state index contributed by atoms with van der Waals surface area (Å²) in [6.07, 6.45) is 0.952. The Hall–Kier alpha value is -1.40. The maximum atomic E-state index is 11.7. The highest BCUT2D eigenvalue weighted by Crippen LogP contribution is 2.05. The quantitative estimate of drug-likeness (QED) is 0.678. The zero-order valence-electron chi connectivity index (χ0n) is 11.9.